The molecule has 2 aromatic carbocycles. The molecule has 3 unspecified atom stereocenters. The SMILES string of the molecule is O=C(CC(NC(=O)C1CC(=O)N(c2cccc(NC3=NCC(O)CN3)c2)C1)c1cc(Cl)cc(Cl)c1)OC(=O)C(F)(F)F. The fraction of sp³-hybridized carbons (Fsp3) is 0.346. The number of nitrogens with zero attached hydrogens (tertiary/aromatic N) is 2. The van der Waals surface area contributed by atoms with Crippen molar-refractivity contribution in [1.29, 1.82) is 0 Å². The van der Waals surface area contributed by atoms with Crippen molar-refractivity contribution < 1.29 is 42.2 Å². The van der Waals surface area contributed by atoms with Gasteiger partial charge in [0.2, 0.25) is 11.8 Å². The van der Waals surface area contributed by atoms with Gasteiger partial charge >= 0.3 is 18.1 Å². The fourth-order valence-electron chi connectivity index (χ4n) is 4.32. The van der Waals surface area contributed by atoms with Crippen LogP contribution in [0.15, 0.2) is 47.5 Å². The molecule has 42 heavy (non-hydrogen) atoms. The van der Waals surface area contributed by atoms with Crippen molar-refractivity contribution in [1.82, 2.24) is 10.6 Å². The molecular weight excluding hydrogens is 606 g/mol. The number of benzene rings is 2. The highest BCUT2D eigenvalue weighted by atomic mass is 35.5. The van der Waals surface area contributed by atoms with Gasteiger partial charge in [-0.3, -0.25) is 19.4 Å². The Morgan fingerprint density at radius 2 is 1.88 bits per heavy atom. The van der Waals surface area contributed by atoms with Gasteiger partial charge in [-0.25, -0.2) is 4.79 Å². The van der Waals surface area contributed by atoms with Crippen LogP contribution in [0, 0.1) is 5.92 Å². The minimum absolute atomic E-state index is 0.0282. The van der Waals surface area contributed by atoms with E-state index in [-0.39, 0.29) is 41.0 Å². The van der Waals surface area contributed by atoms with E-state index in [9.17, 15) is 37.5 Å². The van der Waals surface area contributed by atoms with Gasteiger partial charge in [0, 0.05) is 40.9 Å². The fourth-order valence-corrected chi connectivity index (χ4v) is 4.87. The molecule has 1 saturated heterocycles. The van der Waals surface area contributed by atoms with Gasteiger partial charge in [-0.2, -0.15) is 13.2 Å². The molecular formula is C26H24Cl2F3N5O6. The van der Waals surface area contributed by atoms with E-state index in [0.29, 0.717) is 23.9 Å². The van der Waals surface area contributed by atoms with Crippen LogP contribution in [-0.4, -0.2) is 66.7 Å². The Morgan fingerprint density at radius 1 is 1.17 bits per heavy atom. The van der Waals surface area contributed by atoms with Crippen LogP contribution in [0.1, 0.15) is 24.4 Å². The lowest BCUT2D eigenvalue weighted by atomic mass is 10.0. The molecule has 0 bridgehead atoms. The number of ether oxygens (including phenoxy) is 1. The second-order valence-corrected chi connectivity index (χ2v) is 10.4. The number of anilines is 2. The summed E-state index contributed by atoms with van der Waals surface area (Å²) in [7, 11) is 0. The Labute approximate surface area is 247 Å². The van der Waals surface area contributed by atoms with Crippen LogP contribution in [0.25, 0.3) is 0 Å². The number of carbonyl (C=O) groups excluding carboxylic acids is 4. The molecule has 0 radical (unpaired) electrons. The first kappa shape index (κ1) is 31.1. The number of aliphatic hydroxyl groups excluding tert-OH is 1. The summed E-state index contributed by atoms with van der Waals surface area (Å²) >= 11 is 12.1. The van der Waals surface area contributed by atoms with E-state index in [4.69, 9.17) is 23.2 Å². The Morgan fingerprint density at radius 3 is 2.52 bits per heavy atom. The Balaban J connectivity index is 1.46. The molecule has 0 spiro atoms. The third-order valence-corrected chi connectivity index (χ3v) is 6.73. The van der Waals surface area contributed by atoms with Gasteiger partial charge in [0.25, 0.3) is 0 Å². The van der Waals surface area contributed by atoms with Gasteiger partial charge < -0.3 is 30.7 Å². The monoisotopic (exact) mass is 629 g/mol. The minimum atomic E-state index is -5.39. The van der Waals surface area contributed by atoms with Crippen LogP contribution in [0.3, 0.4) is 0 Å². The smallest absolute Gasteiger partial charge is 0.389 e. The molecule has 3 atom stereocenters. The number of halogens is 5. The van der Waals surface area contributed by atoms with Crippen molar-refractivity contribution >= 4 is 64.3 Å². The summed E-state index contributed by atoms with van der Waals surface area (Å²) in [6, 6.07) is 9.57. The number of amides is 2. The number of nitrogens with one attached hydrogen (secondary N) is 3. The highest BCUT2D eigenvalue weighted by molar-refractivity contribution is 6.34. The molecule has 0 aliphatic carbocycles. The largest absolute Gasteiger partial charge is 0.491 e. The Bertz CT molecular complexity index is 1400. The van der Waals surface area contributed by atoms with E-state index in [1.807, 2.05) is 0 Å². The van der Waals surface area contributed by atoms with Crippen molar-refractivity contribution in [2.24, 2.45) is 10.9 Å². The van der Waals surface area contributed by atoms with Gasteiger partial charge in [-0.15, -0.1) is 0 Å². The zero-order valence-electron chi connectivity index (χ0n) is 21.6. The average molecular weight is 630 g/mol. The lowest BCUT2D eigenvalue weighted by Crippen LogP contribution is -2.42. The third kappa shape index (κ3) is 8.11. The van der Waals surface area contributed by atoms with Crippen LogP contribution >= 0.6 is 23.2 Å². The second kappa shape index (κ2) is 13.0. The maximum absolute atomic E-state index is 13.2. The van der Waals surface area contributed by atoms with Gasteiger partial charge in [0.15, 0.2) is 5.96 Å². The lowest BCUT2D eigenvalue weighted by Gasteiger charge is -2.22. The van der Waals surface area contributed by atoms with Gasteiger partial charge in [-0.1, -0.05) is 29.3 Å². The van der Waals surface area contributed by atoms with Crippen LogP contribution < -0.4 is 20.9 Å². The van der Waals surface area contributed by atoms with Gasteiger partial charge in [0.05, 0.1) is 31.0 Å². The van der Waals surface area contributed by atoms with E-state index in [1.54, 1.807) is 24.3 Å². The topological polar surface area (TPSA) is 149 Å². The summed E-state index contributed by atoms with van der Waals surface area (Å²) in [6.45, 7) is 0.528. The van der Waals surface area contributed by atoms with E-state index < -0.39 is 48.5 Å². The molecule has 2 amide bonds. The molecule has 2 aliphatic rings. The number of rotatable bonds is 7. The molecule has 11 nitrogen and oxygen atoms in total. The maximum atomic E-state index is 13.2. The van der Waals surface area contributed by atoms with E-state index in [0.717, 1.165) is 0 Å². The molecule has 4 rings (SSSR count). The first-order chi connectivity index (χ1) is 19.8. The number of aliphatic imine (C=N–C) groups is 1. The number of aliphatic hydroxyl groups is 1. The normalized spacial score (nSPS) is 19.4. The molecule has 224 valence electrons. The van der Waals surface area contributed by atoms with Crippen LogP contribution in [0.5, 0.6) is 0 Å². The number of alkyl halides is 3. The second-order valence-electron chi connectivity index (χ2n) is 9.53. The molecule has 2 aromatic rings. The van der Waals surface area contributed by atoms with Crippen molar-refractivity contribution in [3.63, 3.8) is 0 Å². The van der Waals surface area contributed by atoms with Gasteiger partial charge in [0.1, 0.15) is 0 Å². The summed E-state index contributed by atoms with van der Waals surface area (Å²) in [6.07, 6.45) is -7.01. The summed E-state index contributed by atoms with van der Waals surface area (Å²) < 4.78 is 41.6. The summed E-state index contributed by atoms with van der Waals surface area (Å²) in [5.74, 6) is -5.70. The number of hydrogen-bond donors (Lipinski definition) is 4. The first-order valence-corrected chi connectivity index (χ1v) is 13.3. The molecule has 4 N–H and O–H groups in total. The minimum Gasteiger partial charge on any atom is -0.389 e. The number of carbonyl (C=O) groups is 4. The van der Waals surface area contributed by atoms with Crippen LogP contribution in [0.4, 0.5) is 24.5 Å². The number of esters is 2. The molecule has 2 aliphatic heterocycles. The van der Waals surface area contributed by atoms with E-state index in [1.165, 1.54) is 23.1 Å². The van der Waals surface area contributed by atoms with E-state index >= 15 is 0 Å². The summed E-state index contributed by atoms with van der Waals surface area (Å²) in [5.41, 5.74) is 1.26. The summed E-state index contributed by atoms with van der Waals surface area (Å²) in [5, 5.41) is 18.4. The standard InChI is InChI=1S/C26H24Cl2F3N5O6/c27-15-4-13(5-16(28)7-15)20(9-22(39)42-24(41)26(29,30)31)35-23(40)14-6-21(38)36(12-14)18-3-1-2-17(8-18)34-25-32-10-19(37)11-33-25/h1-5,7-8,14,19-20,37H,6,9-12H2,(H,35,40)(H2,32,33,34). The number of β-amino-alcohol motifs (C(OH)–C–C–N with tert-alkyl or cyclic N) is 1. The highest BCUT2D eigenvalue weighted by Crippen LogP contribution is 2.30. The van der Waals surface area contributed by atoms with Crippen molar-refractivity contribution in [3.05, 3.63) is 58.1 Å². The summed E-state index contributed by atoms with van der Waals surface area (Å²) in [4.78, 5) is 55.0. The zero-order chi connectivity index (χ0) is 30.6. The molecule has 0 aromatic heterocycles. The lowest BCUT2D eigenvalue weighted by molar-refractivity contribution is -0.202. The highest BCUT2D eigenvalue weighted by Gasteiger charge is 2.43. The number of hydrogen-bond acceptors (Lipinski definition) is 9. The first-order valence-electron chi connectivity index (χ1n) is 12.5. The van der Waals surface area contributed by atoms with Crippen molar-refractivity contribution in [2.45, 2.75) is 31.2 Å². The zero-order valence-corrected chi connectivity index (χ0v) is 23.1. The quantitative estimate of drug-likeness (QED) is 0.270. The molecule has 0 saturated carbocycles. The molecule has 16 heteroatoms. The third-order valence-electron chi connectivity index (χ3n) is 6.29. The van der Waals surface area contributed by atoms with Crippen LogP contribution in [-0.2, 0) is 23.9 Å². The van der Waals surface area contributed by atoms with Gasteiger partial charge in [-0.05, 0) is 42.0 Å². The number of guanidine groups is 1. The average Bonchev–Trinajstić information content (AvgIpc) is 3.30. The predicted molar refractivity (Wildman–Crippen MR) is 146 cm³/mol. The van der Waals surface area contributed by atoms with Crippen molar-refractivity contribution in [2.75, 3.05) is 29.9 Å². The Kier molecular flexibility index (Phi) is 9.59. The van der Waals surface area contributed by atoms with Crippen LogP contribution in [0.2, 0.25) is 10.0 Å². The predicted octanol–water partition coefficient (Wildman–Crippen LogP) is 2.96. The molecule has 1 fully saturated rings. The molecule has 2 heterocycles. The Hall–Kier alpha value is -3.88. The maximum Gasteiger partial charge on any atom is 0.491 e. The van der Waals surface area contributed by atoms with E-state index in [2.05, 4.69) is 25.7 Å². The van der Waals surface area contributed by atoms with Crippen molar-refractivity contribution in [3.8, 4) is 0 Å².